The lowest BCUT2D eigenvalue weighted by Crippen LogP contribution is -2.43. The van der Waals surface area contributed by atoms with E-state index in [0.717, 1.165) is 42.4 Å². The minimum atomic E-state index is -1.58. The predicted molar refractivity (Wildman–Crippen MR) is 319 cm³/mol. The predicted octanol–water partition coefficient (Wildman–Crippen LogP) is 10.5. The fraction of sp³-hybridized carbons (Fsp3) is 0.547. The number of nitrogens with zero attached hydrogens (tertiary/aromatic N) is 5. The molecular formula is C64H85FN8O11. The molecule has 6 aromatic rings. The van der Waals surface area contributed by atoms with Crippen molar-refractivity contribution in [3.8, 4) is 11.5 Å². The molecule has 0 saturated carbocycles. The molecule has 3 N–H and O–H groups in total. The standard InChI is InChI=1S/C64H85FN8O11/c1-7-8-9-10-11-12-13-14-15-16-17-18-19-20-24-36-71(40-49-38-51(65)60(83-49)73-42-66-55-57(73)68-62(70-59(55)77)69-58(76)43(2)3)54(75)39-50-52(84-61(56(50)81-6)72-37-35-53(74)67-63(72)78)41-82-64(44-25-22-21-23-26-44,45-27-31-47(79-4)32-28-45)46-29-33-48(80-5)34-30-46/h21-23,25-35,37,42-43,49-52,56,60-61H,7-20,24,36,38-41H2,1-6H3,(H,67,74,78)(H2,68,69,70,76,77)/t49-,50-,51-,52-,56-,60-,61-/m1/s1. The maximum atomic E-state index is 16.5. The van der Waals surface area contributed by atoms with Gasteiger partial charge in [0.05, 0.1) is 39.4 Å². The zero-order valence-corrected chi connectivity index (χ0v) is 49.6. The number of aromatic nitrogens is 6. The Hall–Kier alpha value is -7.00. The number of methoxy groups -OCH3 is 3. The third kappa shape index (κ3) is 15.6. The molecule has 0 spiro atoms. The Morgan fingerprint density at radius 3 is 1.89 bits per heavy atom. The Bertz CT molecular complexity index is 3160. The number of anilines is 1. The number of benzene rings is 3. The number of rotatable bonds is 33. The maximum absolute atomic E-state index is 16.5. The zero-order chi connectivity index (χ0) is 59.6. The smallest absolute Gasteiger partial charge is 0.330 e. The van der Waals surface area contributed by atoms with E-state index in [-0.39, 0.29) is 54.9 Å². The summed E-state index contributed by atoms with van der Waals surface area (Å²) in [5.74, 6) is -0.602. The summed E-state index contributed by atoms with van der Waals surface area (Å²) in [6.45, 7) is 5.92. The third-order valence-corrected chi connectivity index (χ3v) is 16.4. The molecule has 20 heteroatoms. The molecule has 2 aliphatic rings. The summed E-state index contributed by atoms with van der Waals surface area (Å²) in [5, 5.41) is 2.61. The average molecular weight is 1160 g/mol. The monoisotopic (exact) mass is 1160 g/mol. The van der Waals surface area contributed by atoms with Crippen LogP contribution in [0.5, 0.6) is 11.5 Å². The van der Waals surface area contributed by atoms with Gasteiger partial charge in [0.25, 0.3) is 11.1 Å². The van der Waals surface area contributed by atoms with E-state index in [2.05, 4.69) is 32.2 Å². The number of H-pyrrole nitrogens is 2. The minimum absolute atomic E-state index is 0.0309. The van der Waals surface area contributed by atoms with Crippen LogP contribution in [-0.4, -0.2) is 111 Å². The normalized spacial score (nSPS) is 19.7. The molecule has 2 amide bonds. The largest absolute Gasteiger partial charge is 0.497 e. The summed E-state index contributed by atoms with van der Waals surface area (Å²) >= 11 is 0. The molecule has 0 aliphatic carbocycles. The summed E-state index contributed by atoms with van der Waals surface area (Å²) in [5.41, 5.74) is -0.897. The van der Waals surface area contributed by atoms with Crippen molar-refractivity contribution < 1.29 is 42.4 Å². The molecule has 454 valence electrons. The molecule has 3 aromatic heterocycles. The number of imidazole rings is 1. The van der Waals surface area contributed by atoms with Gasteiger partial charge in [-0.3, -0.25) is 43.6 Å². The Morgan fingerprint density at radius 2 is 1.33 bits per heavy atom. The highest BCUT2D eigenvalue weighted by atomic mass is 19.1. The Balaban J connectivity index is 1.06. The number of nitrogens with one attached hydrogen (secondary N) is 3. The zero-order valence-electron chi connectivity index (χ0n) is 49.6. The SMILES string of the molecule is CCCCCCCCCCCCCCCCCN(C[C@H]1C[C@@H](F)[C@H](n2cnc3c(=O)[nH]c(NC(=O)C(C)C)nc32)O1)C(=O)C[C@H]1[C@@H](OC)[C@H](n2ccc(=O)[nH]c2=O)O[C@@H]1COC(c1ccccc1)(c1ccc(OC)cc1)c1ccc(OC)cc1. The summed E-state index contributed by atoms with van der Waals surface area (Å²) < 4.78 is 57.2. The Kier molecular flexibility index (Phi) is 23.0. The number of carbonyl (C=O) groups is 2. The third-order valence-electron chi connectivity index (χ3n) is 16.4. The first kappa shape index (κ1) is 63.0. The van der Waals surface area contributed by atoms with Crippen LogP contribution in [0.4, 0.5) is 10.3 Å². The fourth-order valence-corrected chi connectivity index (χ4v) is 11.7. The van der Waals surface area contributed by atoms with Gasteiger partial charge < -0.3 is 33.3 Å². The highest BCUT2D eigenvalue weighted by Gasteiger charge is 2.50. The fourth-order valence-electron chi connectivity index (χ4n) is 11.7. The van der Waals surface area contributed by atoms with E-state index < -0.39 is 71.2 Å². The summed E-state index contributed by atoms with van der Waals surface area (Å²) in [4.78, 5) is 82.4. The summed E-state index contributed by atoms with van der Waals surface area (Å²) in [6.07, 6.45) is 13.6. The number of halogens is 1. The average Bonchev–Trinajstić information content (AvgIpc) is 3.04. The van der Waals surface area contributed by atoms with Crippen molar-refractivity contribution in [3.63, 3.8) is 0 Å². The van der Waals surface area contributed by atoms with Crippen molar-refractivity contribution in [1.82, 2.24) is 34.0 Å². The molecule has 0 radical (unpaired) electrons. The van der Waals surface area contributed by atoms with Crippen LogP contribution in [0.15, 0.2) is 112 Å². The molecule has 19 nitrogen and oxygen atoms in total. The van der Waals surface area contributed by atoms with E-state index in [0.29, 0.717) is 24.5 Å². The van der Waals surface area contributed by atoms with Crippen molar-refractivity contribution in [3.05, 3.63) is 145 Å². The molecule has 8 rings (SSSR count). The van der Waals surface area contributed by atoms with Crippen molar-refractivity contribution >= 4 is 28.9 Å². The number of carbonyl (C=O) groups excluding carboxylic acids is 2. The lowest BCUT2D eigenvalue weighted by Gasteiger charge is -2.37. The Morgan fingerprint density at radius 1 is 0.750 bits per heavy atom. The van der Waals surface area contributed by atoms with Gasteiger partial charge >= 0.3 is 5.69 Å². The first-order valence-corrected chi connectivity index (χ1v) is 30.1. The number of fused-ring (bicyclic) bond motifs is 1. The van der Waals surface area contributed by atoms with E-state index in [1.165, 1.54) is 99.0 Å². The van der Waals surface area contributed by atoms with E-state index in [1.807, 2.05) is 78.9 Å². The van der Waals surface area contributed by atoms with Crippen molar-refractivity contribution in [1.29, 1.82) is 0 Å². The summed E-state index contributed by atoms with van der Waals surface area (Å²) in [7, 11) is 4.69. The van der Waals surface area contributed by atoms with Crippen LogP contribution in [0.25, 0.3) is 11.2 Å². The van der Waals surface area contributed by atoms with Gasteiger partial charge in [-0.15, -0.1) is 0 Å². The molecule has 2 aliphatic heterocycles. The van der Waals surface area contributed by atoms with Gasteiger partial charge in [0.15, 0.2) is 23.6 Å². The quantitative estimate of drug-likeness (QED) is 0.0258. The van der Waals surface area contributed by atoms with E-state index in [4.69, 9.17) is 28.4 Å². The number of hydrogen-bond acceptors (Lipinski definition) is 13. The Labute approximate surface area is 491 Å². The van der Waals surface area contributed by atoms with Crippen molar-refractivity contribution in [2.45, 2.75) is 172 Å². The van der Waals surface area contributed by atoms with E-state index >= 15 is 9.18 Å². The number of aromatic amines is 2. The molecule has 3 aromatic carbocycles. The highest BCUT2D eigenvalue weighted by Crippen LogP contribution is 2.45. The van der Waals surface area contributed by atoms with Crippen LogP contribution in [0.3, 0.4) is 0 Å². The first-order valence-electron chi connectivity index (χ1n) is 30.1. The second-order valence-corrected chi connectivity index (χ2v) is 22.5. The summed E-state index contributed by atoms with van der Waals surface area (Å²) in [6, 6.07) is 26.2. The van der Waals surface area contributed by atoms with Crippen LogP contribution >= 0.6 is 0 Å². The topological polar surface area (TPSA) is 223 Å². The molecule has 0 unspecified atom stereocenters. The number of hydrogen-bond donors (Lipinski definition) is 3. The van der Waals surface area contributed by atoms with Crippen LogP contribution in [0, 0.1) is 11.8 Å². The molecule has 84 heavy (non-hydrogen) atoms. The minimum Gasteiger partial charge on any atom is -0.497 e. The van der Waals surface area contributed by atoms with E-state index in [9.17, 15) is 19.2 Å². The molecule has 0 bridgehead atoms. The van der Waals surface area contributed by atoms with Gasteiger partial charge in [0, 0.05) is 57.1 Å². The number of unbranched alkanes of at least 4 members (excludes halogenated alkanes) is 14. The highest BCUT2D eigenvalue weighted by molar-refractivity contribution is 5.91. The molecule has 5 heterocycles. The van der Waals surface area contributed by atoms with Crippen molar-refractivity contribution in [2.75, 3.05) is 46.3 Å². The molecular weight excluding hydrogens is 1080 g/mol. The van der Waals surface area contributed by atoms with Gasteiger partial charge in [-0.1, -0.05) is 165 Å². The van der Waals surface area contributed by atoms with Gasteiger partial charge in [-0.25, -0.2) is 14.2 Å². The second kappa shape index (κ2) is 30.7. The van der Waals surface area contributed by atoms with Gasteiger partial charge in [-0.05, 0) is 47.4 Å². The molecule has 2 saturated heterocycles. The van der Waals surface area contributed by atoms with Crippen molar-refractivity contribution in [2.24, 2.45) is 11.8 Å². The van der Waals surface area contributed by atoms with Crippen LogP contribution in [0.2, 0.25) is 0 Å². The van der Waals surface area contributed by atoms with Gasteiger partial charge in [0.2, 0.25) is 17.8 Å². The number of amides is 2. The van der Waals surface area contributed by atoms with Crippen LogP contribution in [0.1, 0.15) is 159 Å². The lowest BCUT2D eigenvalue weighted by atomic mass is 9.79. The number of alkyl halides is 1. The first-order chi connectivity index (χ1) is 40.8. The lowest BCUT2D eigenvalue weighted by molar-refractivity contribution is -0.136. The second-order valence-electron chi connectivity index (χ2n) is 22.5. The molecule has 7 atom stereocenters. The molecule has 2 fully saturated rings. The van der Waals surface area contributed by atoms with Crippen LogP contribution in [-0.2, 0) is 34.1 Å². The maximum Gasteiger partial charge on any atom is 0.330 e. The number of ether oxygens (including phenoxy) is 6. The van der Waals surface area contributed by atoms with E-state index in [1.54, 1.807) is 33.0 Å². The van der Waals surface area contributed by atoms with Gasteiger partial charge in [0.1, 0.15) is 29.4 Å². The van der Waals surface area contributed by atoms with Gasteiger partial charge in [-0.2, -0.15) is 4.98 Å². The van der Waals surface area contributed by atoms with Crippen LogP contribution < -0.4 is 31.6 Å².